The summed E-state index contributed by atoms with van der Waals surface area (Å²) in [5.74, 6) is -1.18. The van der Waals surface area contributed by atoms with Crippen molar-refractivity contribution in [3.05, 3.63) is 96.6 Å². The number of carbonyl (C=O) groups is 3. The number of hydrogen-bond donors (Lipinski definition) is 1. The molecular formula is C27H24N2O4. The Morgan fingerprint density at radius 1 is 0.909 bits per heavy atom. The minimum atomic E-state index is -0.990. The number of para-hydroxylation sites is 1. The highest BCUT2D eigenvalue weighted by molar-refractivity contribution is 6.09. The molecule has 166 valence electrons. The van der Waals surface area contributed by atoms with Gasteiger partial charge >= 0.3 is 5.97 Å². The summed E-state index contributed by atoms with van der Waals surface area (Å²) in [5, 5.41) is 2.84. The molecule has 1 atom stereocenters. The third-order valence-corrected chi connectivity index (χ3v) is 5.53. The fraction of sp³-hybridized carbons (Fsp3) is 0.148. The lowest BCUT2D eigenvalue weighted by Gasteiger charge is -2.18. The molecule has 1 heterocycles. The second-order valence-electron chi connectivity index (χ2n) is 7.73. The molecular weight excluding hydrogens is 416 g/mol. The van der Waals surface area contributed by atoms with E-state index in [1.807, 2.05) is 60.7 Å². The SMILES string of the molecule is C=C1c2ccccc2C(=O)N1CCC(=O)OC(C)C(=O)Nc1ccccc1-c1ccccc1. The van der Waals surface area contributed by atoms with Gasteiger partial charge in [-0.05, 0) is 24.6 Å². The molecule has 0 fully saturated rings. The van der Waals surface area contributed by atoms with Gasteiger partial charge < -0.3 is 15.0 Å². The molecule has 6 nitrogen and oxygen atoms in total. The molecule has 6 heteroatoms. The highest BCUT2D eigenvalue weighted by Gasteiger charge is 2.31. The molecule has 0 aliphatic carbocycles. The van der Waals surface area contributed by atoms with E-state index in [1.54, 1.807) is 18.2 Å². The van der Waals surface area contributed by atoms with E-state index in [1.165, 1.54) is 11.8 Å². The van der Waals surface area contributed by atoms with Crippen LogP contribution in [0.3, 0.4) is 0 Å². The highest BCUT2D eigenvalue weighted by atomic mass is 16.5. The van der Waals surface area contributed by atoms with Gasteiger partial charge in [0.05, 0.1) is 6.42 Å². The van der Waals surface area contributed by atoms with E-state index >= 15 is 0 Å². The number of carbonyl (C=O) groups excluding carboxylic acids is 3. The molecule has 0 bridgehead atoms. The molecule has 1 aliphatic heterocycles. The number of nitrogens with zero attached hydrogens (tertiary/aromatic N) is 1. The molecule has 0 saturated carbocycles. The van der Waals surface area contributed by atoms with Crippen LogP contribution in [0.2, 0.25) is 0 Å². The van der Waals surface area contributed by atoms with Crippen molar-refractivity contribution >= 4 is 29.2 Å². The first kappa shape index (κ1) is 22.0. The number of amides is 2. The Bertz CT molecular complexity index is 1180. The minimum Gasteiger partial charge on any atom is -0.452 e. The minimum absolute atomic E-state index is 0.0447. The van der Waals surface area contributed by atoms with Crippen LogP contribution in [0.1, 0.15) is 29.3 Å². The van der Waals surface area contributed by atoms with Gasteiger partial charge in [0.15, 0.2) is 6.10 Å². The first-order valence-corrected chi connectivity index (χ1v) is 10.7. The predicted molar refractivity (Wildman–Crippen MR) is 127 cm³/mol. The van der Waals surface area contributed by atoms with Crippen LogP contribution in [-0.2, 0) is 14.3 Å². The van der Waals surface area contributed by atoms with E-state index in [0.717, 1.165) is 16.7 Å². The molecule has 1 unspecified atom stereocenters. The van der Waals surface area contributed by atoms with Crippen molar-refractivity contribution < 1.29 is 19.1 Å². The Morgan fingerprint density at radius 2 is 1.52 bits per heavy atom. The van der Waals surface area contributed by atoms with Gasteiger partial charge in [-0.2, -0.15) is 0 Å². The van der Waals surface area contributed by atoms with E-state index < -0.39 is 18.0 Å². The molecule has 1 aliphatic rings. The van der Waals surface area contributed by atoms with Crippen molar-refractivity contribution in [2.45, 2.75) is 19.4 Å². The van der Waals surface area contributed by atoms with Crippen LogP contribution in [0.4, 0.5) is 5.69 Å². The van der Waals surface area contributed by atoms with Crippen molar-refractivity contribution in [1.29, 1.82) is 0 Å². The standard InChI is InChI=1S/C27H24N2O4/c1-18-21-12-6-7-14-23(21)27(32)29(18)17-16-25(30)33-19(2)26(31)28-24-15-9-8-13-22(24)20-10-4-3-5-11-20/h3-15,19H,1,16-17H2,2H3,(H,28,31). The number of ether oxygens (including phenoxy) is 1. The second-order valence-corrected chi connectivity index (χ2v) is 7.73. The summed E-state index contributed by atoms with van der Waals surface area (Å²) >= 11 is 0. The molecule has 0 spiro atoms. The summed E-state index contributed by atoms with van der Waals surface area (Å²) in [6.07, 6.45) is -1.03. The van der Waals surface area contributed by atoms with Crippen molar-refractivity contribution in [3.63, 3.8) is 0 Å². The van der Waals surface area contributed by atoms with Crippen LogP contribution in [0, 0.1) is 0 Å². The fourth-order valence-corrected chi connectivity index (χ4v) is 3.78. The normalized spacial score (nSPS) is 13.4. The molecule has 33 heavy (non-hydrogen) atoms. The first-order valence-electron chi connectivity index (χ1n) is 10.7. The molecule has 0 aromatic heterocycles. The van der Waals surface area contributed by atoms with Crippen molar-refractivity contribution in [1.82, 2.24) is 4.90 Å². The van der Waals surface area contributed by atoms with Gasteiger partial charge in [-0.3, -0.25) is 14.4 Å². The van der Waals surface area contributed by atoms with E-state index in [2.05, 4.69) is 11.9 Å². The van der Waals surface area contributed by atoms with Gasteiger partial charge in [0, 0.05) is 34.6 Å². The molecule has 2 amide bonds. The van der Waals surface area contributed by atoms with Gasteiger partial charge in [0.25, 0.3) is 11.8 Å². The van der Waals surface area contributed by atoms with Crippen LogP contribution >= 0.6 is 0 Å². The molecule has 4 rings (SSSR count). The number of nitrogens with one attached hydrogen (secondary N) is 1. The number of anilines is 1. The number of esters is 1. The molecule has 3 aromatic carbocycles. The van der Waals surface area contributed by atoms with E-state index in [9.17, 15) is 14.4 Å². The van der Waals surface area contributed by atoms with Crippen LogP contribution in [-0.4, -0.2) is 35.3 Å². The number of hydrogen-bond acceptors (Lipinski definition) is 4. The number of fused-ring (bicyclic) bond motifs is 1. The average molecular weight is 440 g/mol. The maximum absolute atomic E-state index is 12.7. The molecule has 1 N–H and O–H groups in total. The van der Waals surface area contributed by atoms with E-state index in [4.69, 9.17) is 4.74 Å². The maximum atomic E-state index is 12.7. The highest BCUT2D eigenvalue weighted by Crippen LogP contribution is 2.31. The Balaban J connectivity index is 1.33. The monoisotopic (exact) mass is 440 g/mol. The predicted octanol–water partition coefficient (Wildman–Crippen LogP) is 4.74. The third-order valence-electron chi connectivity index (χ3n) is 5.53. The summed E-state index contributed by atoms with van der Waals surface area (Å²) in [7, 11) is 0. The Labute approximate surface area is 192 Å². The Kier molecular flexibility index (Phi) is 6.36. The summed E-state index contributed by atoms with van der Waals surface area (Å²) in [6, 6.07) is 24.3. The summed E-state index contributed by atoms with van der Waals surface area (Å²) in [6.45, 7) is 5.62. The fourth-order valence-electron chi connectivity index (χ4n) is 3.78. The van der Waals surface area contributed by atoms with E-state index in [-0.39, 0.29) is 18.9 Å². The lowest BCUT2D eigenvalue weighted by atomic mass is 10.0. The van der Waals surface area contributed by atoms with Gasteiger partial charge in [0.2, 0.25) is 0 Å². The second kappa shape index (κ2) is 9.53. The van der Waals surface area contributed by atoms with Crippen LogP contribution < -0.4 is 5.32 Å². The maximum Gasteiger partial charge on any atom is 0.308 e. The zero-order valence-electron chi connectivity index (χ0n) is 18.3. The lowest BCUT2D eigenvalue weighted by Crippen LogP contribution is -2.32. The van der Waals surface area contributed by atoms with Crippen LogP contribution in [0.15, 0.2) is 85.4 Å². The van der Waals surface area contributed by atoms with Crippen molar-refractivity contribution in [2.24, 2.45) is 0 Å². The van der Waals surface area contributed by atoms with Gasteiger partial charge in [-0.25, -0.2) is 0 Å². The largest absolute Gasteiger partial charge is 0.452 e. The summed E-state index contributed by atoms with van der Waals surface area (Å²) < 4.78 is 5.32. The quantitative estimate of drug-likeness (QED) is 0.539. The van der Waals surface area contributed by atoms with Crippen molar-refractivity contribution in [3.8, 4) is 11.1 Å². The Hall–Kier alpha value is -4.19. The van der Waals surface area contributed by atoms with Gasteiger partial charge in [-0.1, -0.05) is 73.3 Å². The molecule has 3 aromatic rings. The first-order chi connectivity index (χ1) is 16.0. The Morgan fingerprint density at radius 3 is 2.21 bits per heavy atom. The van der Waals surface area contributed by atoms with Crippen molar-refractivity contribution in [2.75, 3.05) is 11.9 Å². The number of benzene rings is 3. The zero-order valence-corrected chi connectivity index (χ0v) is 18.3. The van der Waals surface area contributed by atoms with Gasteiger partial charge in [-0.15, -0.1) is 0 Å². The number of rotatable bonds is 7. The topological polar surface area (TPSA) is 75.7 Å². The van der Waals surface area contributed by atoms with E-state index in [0.29, 0.717) is 16.9 Å². The average Bonchev–Trinajstić information content (AvgIpc) is 3.08. The summed E-state index contributed by atoms with van der Waals surface area (Å²) in [4.78, 5) is 39.1. The smallest absolute Gasteiger partial charge is 0.308 e. The van der Waals surface area contributed by atoms with Crippen LogP contribution in [0.5, 0.6) is 0 Å². The van der Waals surface area contributed by atoms with Gasteiger partial charge in [0.1, 0.15) is 0 Å². The summed E-state index contributed by atoms with van der Waals surface area (Å²) in [5.41, 5.74) is 4.37. The third kappa shape index (κ3) is 4.70. The molecule has 0 radical (unpaired) electrons. The molecule has 0 saturated heterocycles. The lowest BCUT2D eigenvalue weighted by molar-refractivity contribution is -0.153. The zero-order chi connectivity index (χ0) is 23.4. The van der Waals surface area contributed by atoms with Crippen LogP contribution in [0.25, 0.3) is 16.8 Å².